The van der Waals surface area contributed by atoms with Gasteiger partial charge in [0.2, 0.25) is 5.91 Å². The van der Waals surface area contributed by atoms with Gasteiger partial charge in [0.1, 0.15) is 0 Å². The maximum absolute atomic E-state index is 13.5. The number of nitrogens with zero attached hydrogens (tertiary/aromatic N) is 1. The van der Waals surface area contributed by atoms with Gasteiger partial charge in [-0.3, -0.25) is 9.69 Å². The first-order valence-electron chi connectivity index (χ1n) is 8.62. The number of halogens is 3. The van der Waals surface area contributed by atoms with Crippen LogP contribution in [0, 0.1) is 17.8 Å². The summed E-state index contributed by atoms with van der Waals surface area (Å²) in [6.07, 6.45) is -3.77. The summed E-state index contributed by atoms with van der Waals surface area (Å²) in [7, 11) is 0. The Labute approximate surface area is 156 Å². The van der Waals surface area contributed by atoms with Crippen molar-refractivity contribution in [3.05, 3.63) is 59.7 Å². The minimum Gasteiger partial charge on any atom is -0.369 e. The third-order valence-electron chi connectivity index (χ3n) is 4.62. The first kappa shape index (κ1) is 19.0. The van der Waals surface area contributed by atoms with Crippen LogP contribution >= 0.6 is 0 Å². The fourth-order valence-corrected chi connectivity index (χ4v) is 3.19. The highest BCUT2D eigenvalue weighted by atomic mass is 19.4. The molecule has 1 amide bonds. The molecule has 1 saturated heterocycles. The Bertz CT molecular complexity index is 882. The zero-order valence-corrected chi connectivity index (χ0v) is 14.6. The molecule has 0 spiro atoms. The smallest absolute Gasteiger partial charge is 0.369 e. The summed E-state index contributed by atoms with van der Waals surface area (Å²) in [6.45, 7) is 1.65. The molecule has 2 aromatic rings. The van der Waals surface area contributed by atoms with E-state index in [0.717, 1.165) is 6.07 Å². The van der Waals surface area contributed by atoms with Crippen LogP contribution in [0.2, 0.25) is 0 Å². The Morgan fingerprint density at radius 3 is 2.56 bits per heavy atom. The van der Waals surface area contributed by atoms with Crippen molar-refractivity contribution in [1.29, 1.82) is 0 Å². The van der Waals surface area contributed by atoms with Gasteiger partial charge in [-0.05, 0) is 36.2 Å². The van der Waals surface area contributed by atoms with Crippen molar-refractivity contribution in [3.63, 3.8) is 0 Å². The molecule has 1 fully saturated rings. The Morgan fingerprint density at radius 2 is 1.93 bits per heavy atom. The third kappa shape index (κ3) is 4.69. The van der Waals surface area contributed by atoms with E-state index in [4.69, 9.17) is 5.73 Å². The summed E-state index contributed by atoms with van der Waals surface area (Å²) in [5.41, 5.74) is 5.55. The fraction of sp³-hybridized carbons (Fsp3) is 0.286. The third-order valence-corrected chi connectivity index (χ3v) is 4.62. The second kappa shape index (κ2) is 7.85. The van der Waals surface area contributed by atoms with Gasteiger partial charge in [0, 0.05) is 12.1 Å². The van der Waals surface area contributed by atoms with Crippen LogP contribution in [-0.4, -0.2) is 30.4 Å². The van der Waals surface area contributed by atoms with E-state index < -0.39 is 11.7 Å². The summed E-state index contributed by atoms with van der Waals surface area (Å²) >= 11 is 0. The molecule has 1 aliphatic rings. The number of alkyl halides is 3. The lowest BCUT2D eigenvalue weighted by Crippen LogP contribution is -2.27. The molecule has 1 heterocycles. The van der Waals surface area contributed by atoms with Crippen LogP contribution in [-0.2, 0) is 11.0 Å². The highest BCUT2D eigenvalue weighted by Gasteiger charge is 2.33. The number of amides is 1. The molecule has 2 aromatic carbocycles. The number of nitrogens with two attached hydrogens (primary N) is 1. The maximum atomic E-state index is 13.5. The molecule has 2 N–H and O–H groups in total. The summed E-state index contributed by atoms with van der Waals surface area (Å²) < 4.78 is 40.5. The maximum Gasteiger partial charge on any atom is 0.417 e. The van der Waals surface area contributed by atoms with Crippen molar-refractivity contribution >= 4 is 5.91 Å². The van der Waals surface area contributed by atoms with Crippen LogP contribution in [0.15, 0.2) is 48.5 Å². The normalized spacial score (nSPS) is 17.4. The summed E-state index contributed by atoms with van der Waals surface area (Å²) in [5.74, 6) is 5.20. The van der Waals surface area contributed by atoms with Crippen LogP contribution in [0.3, 0.4) is 0 Å². The Kier molecular flexibility index (Phi) is 5.52. The van der Waals surface area contributed by atoms with E-state index in [1.807, 2.05) is 4.90 Å². The fourth-order valence-electron chi connectivity index (χ4n) is 3.19. The van der Waals surface area contributed by atoms with Crippen LogP contribution in [0.5, 0.6) is 0 Å². The molecule has 140 valence electrons. The molecule has 0 saturated carbocycles. The SMILES string of the molecule is NC(=O)[C@@H]1CCN(CC#Cc2ccc(-c3ccccc3)c(C(F)(F)F)c2)C1. The number of likely N-dealkylation sites (tertiary alicyclic amines) is 1. The van der Waals surface area contributed by atoms with Crippen LogP contribution in [0.25, 0.3) is 11.1 Å². The van der Waals surface area contributed by atoms with Crippen LogP contribution < -0.4 is 5.73 Å². The zero-order chi connectivity index (χ0) is 19.4. The van der Waals surface area contributed by atoms with E-state index in [0.29, 0.717) is 37.2 Å². The number of carbonyl (C=O) groups excluding carboxylic acids is 1. The molecule has 6 heteroatoms. The van der Waals surface area contributed by atoms with Crippen molar-refractivity contribution in [3.8, 4) is 23.0 Å². The minimum atomic E-state index is -4.47. The van der Waals surface area contributed by atoms with Crippen molar-refractivity contribution in [2.45, 2.75) is 12.6 Å². The van der Waals surface area contributed by atoms with Crippen molar-refractivity contribution in [2.75, 3.05) is 19.6 Å². The number of rotatable bonds is 3. The lowest BCUT2D eigenvalue weighted by atomic mass is 9.97. The molecule has 0 unspecified atom stereocenters. The van der Waals surface area contributed by atoms with Gasteiger partial charge in [-0.15, -0.1) is 0 Å². The molecule has 3 nitrogen and oxygen atoms in total. The highest BCUT2D eigenvalue weighted by Crippen LogP contribution is 2.37. The van der Waals surface area contributed by atoms with Gasteiger partial charge in [0.05, 0.1) is 18.0 Å². The number of benzene rings is 2. The molecule has 0 bridgehead atoms. The molecule has 1 aliphatic heterocycles. The Morgan fingerprint density at radius 1 is 1.19 bits per heavy atom. The average molecular weight is 372 g/mol. The monoisotopic (exact) mass is 372 g/mol. The topological polar surface area (TPSA) is 46.3 Å². The van der Waals surface area contributed by atoms with Gasteiger partial charge in [-0.1, -0.05) is 48.2 Å². The number of hydrogen-bond acceptors (Lipinski definition) is 2. The predicted octanol–water partition coefficient (Wildman–Crippen LogP) is 3.53. The van der Waals surface area contributed by atoms with E-state index in [1.54, 1.807) is 36.4 Å². The minimum absolute atomic E-state index is 0.137. The lowest BCUT2D eigenvalue weighted by molar-refractivity contribution is -0.137. The highest BCUT2D eigenvalue weighted by molar-refractivity contribution is 5.77. The van der Waals surface area contributed by atoms with Crippen molar-refractivity contribution in [1.82, 2.24) is 4.90 Å². The van der Waals surface area contributed by atoms with E-state index in [2.05, 4.69) is 11.8 Å². The molecule has 3 rings (SSSR count). The first-order chi connectivity index (χ1) is 12.8. The second-order valence-electron chi connectivity index (χ2n) is 6.55. The van der Waals surface area contributed by atoms with Gasteiger partial charge in [-0.25, -0.2) is 0 Å². The second-order valence-corrected chi connectivity index (χ2v) is 6.55. The first-order valence-corrected chi connectivity index (χ1v) is 8.62. The molecule has 0 aromatic heterocycles. The number of carbonyl (C=O) groups is 1. The average Bonchev–Trinajstić information content (AvgIpc) is 3.11. The lowest BCUT2D eigenvalue weighted by Gasteiger charge is -2.13. The molecule has 1 atom stereocenters. The zero-order valence-electron chi connectivity index (χ0n) is 14.6. The van der Waals surface area contributed by atoms with Crippen LogP contribution in [0.4, 0.5) is 13.2 Å². The Hall–Kier alpha value is -2.78. The van der Waals surface area contributed by atoms with Gasteiger partial charge in [0.25, 0.3) is 0 Å². The van der Waals surface area contributed by atoms with E-state index in [1.165, 1.54) is 6.07 Å². The quantitative estimate of drug-likeness (QED) is 0.838. The summed E-state index contributed by atoms with van der Waals surface area (Å²) in [6, 6.07) is 12.6. The van der Waals surface area contributed by atoms with Crippen molar-refractivity contribution in [2.24, 2.45) is 11.7 Å². The largest absolute Gasteiger partial charge is 0.417 e. The standard InChI is InChI=1S/C21H19F3N2O/c22-21(23,24)19-13-15(8-9-18(19)16-6-2-1-3-7-16)5-4-11-26-12-10-17(14-26)20(25)27/h1-3,6-9,13,17H,10-12,14H2,(H2,25,27)/t17-/m1/s1. The molecule has 0 radical (unpaired) electrons. The van der Waals surface area contributed by atoms with E-state index in [9.17, 15) is 18.0 Å². The van der Waals surface area contributed by atoms with Gasteiger partial charge in [-0.2, -0.15) is 13.2 Å². The Balaban J connectivity index is 1.79. The predicted molar refractivity (Wildman–Crippen MR) is 97.5 cm³/mol. The van der Waals surface area contributed by atoms with Gasteiger partial charge < -0.3 is 5.73 Å². The summed E-state index contributed by atoms with van der Waals surface area (Å²) in [4.78, 5) is 13.2. The van der Waals surface area contributed by atoms with Gasteiger partial charge >= 0.3 is 6.18 Å². The van der Waals surface area contributed by atoms with Gasteiger partial charge in [0.15, 0.2) is 0 Å². The molecule has 0 aliphatic carbocycles. The molecular weight excluding hydrogens is 353 g/mol. The molecule has 27 heavy (non-hydrogen) atoms. The molecular formula is C21H19F3N2O. The number of hydrogen-bond donors (Lipinski definition) is 1. The van der Waals surface area contributed by atoms with Crippen molar-refractivity contribution < 1.29 is 18.0 Å². The van der Waals surface area contributed by atoms with Crippen LogP contribution in [0.1, 0.15) is 17.5 Å². The van der Waals surface area contributed by atoms with E-state index in [-0.39, 0.29) is 17.4 Å². The number of primary amides is 1. The summed E-state index contributed by atoms with van der Waals surface area (Å²) in [5, 5.41) is 0. The van der Waals surface area contributed by atoms with E-state index >= 15 is 0 Å².